The van der Waals surface area contributed by atoms with Crippen molar-refractivity contribution in [2.24, 2.45) is 0 Å². The minimum Gasteiger partial charge on any atom is -0.497 e. The fourth-order valence-corrected chi connectivity index (χ4v) is 2.76. The van der Waals surface area contributed by atoms with Gasteiger partial charge in [0.05, 0.1) is 12.8 Å². The van der Waals surface area contributed by atoms with Crippen molar-refractivity contribution in [1.29, 1.82) is 0 Å². The van der Waals surface area contributed by atoms with E-state index in [-0.39, 0.29) is 47.9 Å². The Bertz CT molecular complexity index is 913. The van der Waals surface area contributed by atoms with Gasteiger partial charge in [-0.25, -0.2) is 4.98 Å². The number of β-amino-alcohol motifs (C(OH)–C–C–N with tert-alkyl or cyclic N) is 1. The first kappa shape index (κ1) is 32.8. The second-order valence-corrected chi connectivity index (χ2v) is 7.98. The van der Waals surface area contributed by atoms with Crippen LogP contribution in [0, 0.1) is 0 Å². The summed E-state index contributed by atoms with van der Waals surface area (Å²) in [6, 6.07) is 15.5. The number of imidazole rings is 1. The lowest BCUT2D eigenvalue weighted by molar-refractivity contribution is 0.100. The third kappa shape index (κ3) is 10.00. The number of nitrogens with zero attached hydrogens (tertiary/aromatic N) is 1. The van der Waals surface area contributed by atoms with Gasteiger partial charge in [-0.05, 0) is 69.3 Å². The molecule has 0 aliphatic rings. The summed E-state index contributed by atoms with van der Waals surface area (Å²) in [5.74, 6) is 2.32. The molecule has 0 aliphatic heterocycles. The maximum atomic E-state index is 10.0. The third-order valence-electron chi connectivity index (χ3n) is 4.40. The van der Waals surface area contributed by atoms with Crippen LogP contribution in [0.2, 0.25) is 0 Å². The van der Waals surface area contributed by atoms with Crippen molar-refractivity contribution < 1.29 is 25.5 Å². The largest absolute Gasteiger partial charge is 0.497 e. The molecule has 10 heteroatoms. The fraction of sp³-hybridized carbons (Fsp3) is 0.348. The first-order valence-electron chi connectivity index (χ1n) is 9.70. The van der Waals surface area contributed by atoms with Crippen LogP contribution in [0.4, 0.5) is 0 Å². The van der Waals surface area contributed by atoms with Gasteiger partial charge in [0.25, 0.3) is 0 Å². The number of aliphatic hydroxyl groups excluding tert-OH is 1. The standard InChI is InChI=1S/C23H29N3O3.2ClH.2H2O/c1-23(2,3)25-13-18(27)15-29-20-11-7-17(8-12-20)22-24-14-21(26-22)16-5-9-19(28-4)10-6-16;;;;/h5-12,14,18,25,27H,13,15H2,1-4H3,(H,24,26);2*1H;2*1H2. The van der Waals surface area contributed by atoms with E-state index in [1.165, 1.54) is 0 Å². The lowest BCUT2D eigenvalue weighted by Gasteiger charge is -2.22. The molecule has 8 nitrogen and oxygen atoms in total. The zero-order valence-corrected chi connectivity index (χ0v) is 20.8. The second-order valence-electron chi connectivity index (χ2n) is 7.98. The normalized spacial score (nSPS) is 11.1. The van der Waals surface area contributed by atoms with E-state index in [1.807, 2.05) is 54.7 Å². The van der Waals surface area contributed by atoms with Crippen molar-refractivity contribution in [2.75, 3.05) is 20.3 Å². The number of aliphatic hydroxyl groups is 1. The van der Waals surface area contributed by atoms with E-state index < -0.39 is 6.10 Å². The van der Waals surface area contributed by atoms with Gasteiger partial charge < -0.3 is 35.8 Å². The Morgan fingerprint density at radius 3 is 2.03 bits per heavy atom. The van der Waals surface area contributed by atoms with Crippen LogP contribution in [0.5, 0.6) is 11.5 Å². The first-order valence-corrected chi connectivity index (χ1v) is 9.70. The van der Waals surface area contributed by atoms with Crippen LogP contribution < -0.4 is 14.8 Å². The van der Waals surface area contributed by atoms with Crippen molar-refractivity contribution in [3.63, 3.8) is 0 Å². The van der Waals surface area contributed by atoms with Gasteiger partial charge in [0.15, 0.2) is 0 Å². The first-order chi connectivity index (χ1) is 13.8. The Balaban J connectivity index is 0. The van der Waals surface area contributed by atoms with Gasteiger partial charge in [-0.2, -0.15) is 0 Å². The molecule has 0 amide bonds. The molecule has 186 valence electrons. The summed E-state index contributed by atoms with van der Waals surface area (Å²) in [6.45, 7) is 6.92. The molecular formula is C23H35Cl2N3O5. The number of rotatable bonds is 8. The number of ether oxygens (including phenoxy) is 2. The van der Waals surface area contributed by atoms with Gasteiger partial charge >= 0.3 is 0 Å². The highest BCUT2D eigenvalue weighted by molar-refractivity contribution is 5.85. The molecule has 0 saturated carbocycles. The Morgan fingerprint density at radius 1 is 0.939 bits per heavy atom. The second kappa shape index (κ2) is 14.7. The maximum Gasteiger partial charge on any atom is 0.138 e. The summed E-state index contributed by atoms with van der Waals surface area (Å²) < 4.78 is 10.9. The summed E-state index contributed by atoms with van der Waals surface area (Å²) in [7, 11) is 1.65. The quantitative estimate of drug-likeness (QED) is 0.432. The van der Waals surface area contributed by atoms with Crippen molar-refractivity contribution in [1.82, 2.24) is 15.3 Å². The van der Waals surface area contributed by atoms with E-state index in [0.717, 1.165) is 28.4 Å². The lowest BCUT2D eigenvalue weighted by atomic mass is 10.1. The van der Waals surface area contributed by atoms with Gasteiger partial charge in [-0.1, -0.05) is 0 Å². The Labute approximate surface area is 207 Å². The number of benzene rings is 2. The number of hydrogen-bond donors (Lipinski definition) is 3. The monoisotopic (exact) mass is 503 g/mol. The molecule has 7 N–H and O–H groups in total. The van der Waals surface area contributed by atoms with E-state index in [0.29, 0.717) is 12.3 Å². The Kier molecular flexibility index (Phi) is 14.7. The summed E-state index contributed by atoms with van der Waals surface area (Å²) in [5.41, 5.74) is 2.83. The van der Waals surface area contributed by atoms with Crippen LogP contribution in [0.3, 0.4) is 0 Å². The topological polar surface area (TPSA) is 142 Å². The summed E-state index contributed by atoms with van der Waals surface area (Å²) in [6.07, 6.45) is 1.33. The molecule has 1 aromatic heterocycles. The smallest absolute Gasteiger partial charge is 0.138 e. The molecule has 1 unspecified atom stereocenters. The van der Waals surface area contributed by atoms with Crippen LogP contribution in [0.25, 0.3) is 22.6 Å². The number of aromatic amines is 1. The zero-order valence-electron chi connectivity index (χ0n) is 19.2. The molecule has 0 aliphatic carbocycles. The average molecular weight is 504 g/mol. The zero-order chi connectivity index (χ0) is 20.9. The van der Waals surface area contributed by atoms with Gasteiger partial charge in [-0.3, -0.25) is 0 Å². The predicted octanol–water partition coefficient (Wildman–Crippen LogP) is 3.07. The van der Waals surface area contributed by atoms with E-state index in [1.54, 1.807) is 7.11 Å². The van der Waals surface area contributed by atoms with Crippen molar-refractivity contribution in [3.8, 4) is 34.1 Å². The number of methoxy groups -OCH3 is 1. The minimum absolute atomic E-state index is 0. The summed E-state index contributed by atoms with van der Waals surface area (Å²) in [4.78, 5) is 7.89. The molecule has 0 radical (unpaired) electrons. The van der Waals surface area contributed by atoms with Crippen LogP contribution in [-0.2, 0) is 0 Å². The lowest BCUT2D eigenvalue weighted by Crippen LogP contribution is -2.42. The molecule has 1 heterocycles. The summed E-state index contributed by atoms with van der Waals surface area (Å²) >= 11 is 0. The molecule has 3 aromatic rings. The number of aromatic nitrogens is 2. The van der Waals surface area contributed by atoms with Gasteiger partial charge in [-0.15, -0.1) is 24.8 Å². The highest BCUT2D eigenvalue weighted by Gasteiger charge is 2.13. The number of hydrogen-bond acceptors (Lipinski definition) is 5. The average Bonchev–Trinajstić information content (AvgIpc) is 3.21. The van der Waals surface area contributed by atoms with Crippen LogP contribution in [-0.4, -0.2) is 57.9 Å². The van der Waals surface area contributed by atoms with E-state index in [4.69, 9.17) is 9.47 Å². The molecular weight excluding hydrogens is 469 g/mol. The van der Waals surface area contributed by atoms with E-state index in [9.17, 15) is 5.11 Å². The number of nitrogens with one attached hydrogen (secondary N) is 2. The van der Waals surface area contributed by atoms with Crippen LogP contribution in [0.15, 0.2) is 54.7 Å². The molecule has 0 fully saturated rings. The van der Waals surface area contributed by atoms with Gasteiger partial charge in [0.1, 0.15) is 30.0 Å². The molecule has 0 bridgehead atoms. The van der Waals surface area contributed by atoms with E-state index >= 15 is 0 Å². The third-order valence-corrected chi connectivity index (χ3v) is 4.40. The van der Waals surface area contributed by atoms with Crippen molar-refractivity contribution >= 4 is 24.8 Å². The van der Waals surface area contributed by atoms with Crippen molar-refractivity contribution in [2.45, 2.75) is 32.4 Å². The van der Waals surface area contributed by atoms with Crippen LogP contribution >= 0.6 is 24.8 Å². The number of halogens is 2. The van der Waals surface area contributed by atoms with Crippen LogP contribution in [0.1, 0.15) is 20.8 Å². The SMILES string of the molecule is COc1ccc(-c2c[nH]c(-c3ccc(OCC(O)CNC(C)(C)C)cc3)n2)cc1.Cl.Cl.O.O. The Hall–Kier alpha value is -2.33. The maximum absolute atomic E-state index is 10.0. The molecule has 1 atom stereocenters. The van der Waals surface area contributed by atoms with Gasteiger partial charge in [0.2, 0.25) is 0 Å². The van der Waals surface area contributed by atoms with E-state index in [2.05, 4.69) is 36.1 Å². The number of H-pyrrole nitrogens is 1. The fourth-order valence-electron chi connectivity index (χ4n) is 2.76. The van der Waals surface area contributed by atoms with Gasteiger partial charge in [0, 0.05) is 29.4 Å². The summed E-state index contributed by atoms with van der Waals surface area (Å²) in [5, 5.41) is 13.3. The molecule has 3 rings (SSSR count). The molecule has 0 saturated heterocycles. The molecule has 0 spiro atoms. The molecule has 2 aromatic carbocycles. The highest BCUT2D eigenvalue weighted by Crippen LogP contribution is 2.25. The molecule has 33 heavy (non-hydrogen) atoms. The predicted molar refractivity (Wildman–Crippen MR) is 137 cm³/mol. The highest BCUT2D eigenvalue weighted by atomic mass is 35.5. The van der Waals surface area contributed by atoms with Crippen molar-refractivity contribution in [3.05, 3.63) is 54.7 Å². The Morgan fingerprint density at radius 2 is 1.48 bits per heavy atom. The minimum atomic E-state index is -0.564.